The lowest BCUT2D eigenvalue weighted by atomic mass is 9.77. The lowest BCUT2D eigenvalue weighted by Gasteiger charge is -2.28. The first-order chi connectivity index (χ1) is 12.4. The Kier molecular flexibility index (Phi) is 4.00. The molecule has 0 unspecified atom stereocenters. The molecule has 0 saturated heterocycles. The van der Waals surface area contributed by atoms with Crippen molar-refractivity contribution in [2.75, 3.05) is 0 Å². The molecule has 1 fully saturated rings. The quantitative estimate of drug-likeness (QED) is 0.588. The zero-order chi connectivity index (χ0) is 18.8. The van der Waals surface area contributed by atoms with Gasteiger partial charge in [0.05, 0.1) is 4.11 Å². The van der Waals surface area contributed by atoms with Crippen LogP contribution in [0.2, 0.25) is 0 Å². The first-order valence-corrected chi connectivity index (χ1v) is 8.49. The van der Waals surface area contributed by atoms with Crippen molar-refractivity contribution in [2.24, 2.45) is 5.92 Å². The predicted octanol–water partition coefficient (Wildman–Crippen LogP) is 6.71. The highest BCUT2D eigenvalue weighted by molar-refractivity contribution is 5.63. The van der Waals surface area contributed by atoms with E-state index in [1.54, 1.807) is 12.1 Å². The molecule has 0 spiro atoms. The fraction of sp³-hybridized carbons (Fsp3) is 0.429. The Morgan fingerprint density at radius 1 is 0.957 bits per heavy atom. The summed E-state index contributed by atoms with van der Waals surface area (Å²) < 4.78 is 50.6. The number of hydrogen-bond donors (Lipinski definition) is 0. The summed E-state index contributed by atoms with van der Waals surface area (Å²) in [5.41, 5.74) is 1.68. The second-order valence-electron chi connectivity index (χ2n) is 6.51. The van der Waals surface area contributed by atoms with Crippen molar-refractivity contribution in [2.45, 2.75) is 51.4 Å². The minimum Gasteiger partial charge on any atom is -0.204 e. The Balaban J connectivity index is 1.83. The molecule has 2 aromatic carbocycles. The molecular formula is C21H24F2. The van der Waals surface area contributed by atoms with Gasteiger partial charge < -0.3 is 0 Å². The molecular weight excluding hydrogens is 290 g/mol. The van der Waals surface area contributed by atoms with E-state index < -0.39 is 29.8 Å². The van der Waals surface area contributed by atoms with Gasteiger partial charge in [0.15, 0.2) is 11.6 Å². The van der Waals surface area contributed by atoms with Crippen LogP contribution in [0.3, 0.4) is 0 Å². The molecule has 1 saturated carbocycles. The van der Waals surface area contributed by atoms with Crippen molar-refractivity contribution in [1.29, 1.82) is 0 Å². The van der Waals surface area contributed by atoms with Crippen molar-refractivity contribution >= 4 is 0 Å². The Bertz CT molecular complexity index is 750. The highest BCUT2D eigenvalue weighted by atomic mass is 19.2. The summed E-state index contributed by atoms with van der Waals surface area (Å²) in [6.07, 6.45) is 7.37. The Morgan fingerprint density at radius 2 is 1.65 bits per heavy atom. The van der Waals surface area contributed by atoms with Crippen molar-refractivity contribution in [3.05, 3.63) is 59.6 Å². The molecule has 0 N–H and O–H groups in total. The maximum atomic E-state index is 13.8. The number of hydrogen-bond acceptors (Lipinski definition) is 0. The molecule has 0 heterocycles. The highest BCUT2D eigenvalue weighted by Crippen LogP contribution is 2.38. The topological polar surface area (TPSA) is 0 Å². The van der Waals surface area contributed by atoms with Gasteiger partial charge in [0.2, 0.25) is 0 Å². The normalized spacial score (nSPS) is 23.2. The Morgan fingerprint density at radius 3 is 2.30 bits per heavy atom. The van der Waals surface area contributed by atoms with Crippen LogP contribution >= 0.6 is 0 Å². The molecule has 1 aliphatic rings. The minimum atomic E-state index is -1.43. The Labute approximate surface area is 141 Å². The molecule has 3 rings (SSSR count). The van der Waals surface area contributed by atoms with Crippen LogP contribution in [0.15, 0.2) is 42.4 Å². The molecule has 0 amide bonds. The molecule has 0 aliphatic heterocycles. The maximum Gasteiger partial charge on any atom is 0.159 e. The second-order valence-corrected chi connectivity index (χ2v) is 6.51. The van der Waals surface area contributed by atoms with Gasteiger partial charge >= 0.3 is 0 Å². The van der Waals surface area contributed by atoms with Gasteiger partial charge in [-0.25, -0.2) is 8.78 Å². The fourth-order valence-electron chi connectivity index (χ4n) is 3.63. The van der Waals surface area contributed by atoms with E-state index in [-0.39, 0.29) is 5.56 Å². The van der Waals surface area contributed by atoms with E-state index >= 15 is 0 Å². The number of rotatable bonds is 4. The van der Waals surface area contributed by atoms with Gasteiger partial charge in [0, 0.05) is 0 Å². The third-order valence-electron chi connectivity index (χ3n) is 4.94. The summed E-state index contributed by atoms with van der Waals surface area (Å²) in [6, 6.07) is 5.55. The summed E-state index contributed by atoms with van der Waals surface area (Å²) in [5.74, 6) is -1.44. The van der Waals surface area contributed by atoms with Crippen molar-refractivity contribution in [1.82, 2.24) is 0 Å². The van der Waals surface area contributed by atoms with E-state index in [9.17, 15) is 8.78 Å². The molecule has 0 atom stereocenters. The lowest BCUT2D eigenvalue weighted by molar-refractivity contribution is 0.308. The molecule has 0 bridgehead atoms. The van der Waals surface area contributed by atoms with E-state index in [2.05, 4.69) is 6.92 Å². The highest BCUT2D eigenvalue weighted by Gasteiger charge is 2.21. The van der Waals surface area contributed by atoms with Crippen LogP contribution in [0.5, 0.6) is 0 Å². The van der Waals surface area contributed by atoms with E-state index in [1.165, 1.54) is 44.1 Å². The summed E-state index contributed by atoms with van der Waals surface area (Å²) in [6.45, 7) is 2.23. The van der Waals surface area contributed by atoms with Crippen molar-refractivity contribution in [3.63, 3.8) is 0 Å². The second kappa shape index (κ2) is 7.25. The molecule has 0 aromatic heterocycles. The number of halogens is 2. The van der Waals surface area contributed by atoms with Crippen LogP contribution in [0.25, 0.3) is 11.1 Å². The van der Waals surface area contributed by atoms with Crippen molar-refractivity contribution in [3.8, 4) is 11.1 Å². The van der Waals surface area contributed by atoms with E-state index in [0.29, 0.717) is 11.5 Å². The van der Waals surface area contributed by atoms with Crippen molar-refractivity contribution < 1.29 is 12.9 Å². The van der Waals surface area contributed by atoms with Gasteiger partial charge in [0.25, 0.3) is 0 Å². The zero-order valence-corrected chi connectivity index (χ0v) is 13.5. The van der Waals surface area contributed by atoms with E-state index in [4.69, 9.17) is 4.11 Å². The van der Waals surface area contributed by atoms with Crippen LogP contribution in [0.4, 0.5) is 8.78 Å². The third kappa shape index (κ3) is 3.80. The average molecular weight is 317 g/mol. The standard InChI is InChI=1S/C21H24F2/c1-2-3-15-4-6-16(7-5-15)17-8-10-18(11-9-17)19-12-13-20(22)21(23)14-19/h8-16H,2-7H2,1H3/i12D,13D,14D. The van der Waals surface area contributed by atoms with Crippen LogP contribution in [0.1, 0.15) is 61.0 Å². The summed E-state index contributed by atoms with van der Waals surface area (Å²) in [7, 11) is 0. The van der Waals surface area contributed by atoms with Gasteiger partial charge in [-0.1, -0.05) is 50.1 Å². The van der Waals surface area contributed by atoms with Gasteiger partial charge in [-0.2, -0.15) is 0 Å². The molecule has 0 nitrogen and oxygen atoms in total. The molecule has 122 valence electrons. The van der Waals surface area contributed by atoms with Gasteiger partial charge in [-0.3, -0.25) is 0 Å². The maximum absolute atomic E-state index is 13.8. The smallest absolute Gasteiger partial charge is 0.159 e. The zero-order valence-electron chi connectivity index (χ0n) is 16.5. The number of benzene rings is 2. The summed E-state index contributed by atoms with van der Waals surface area (Å²) in [4.78, 5) is 0. The first-order valence-electron chi connectivity index (χ1n) is 9.99. The molecule has 1 aliphatic carbocycles. The van der Waals surface area contributed by atoms with Gasteiger partial charge in [0.1, 0.15) is 0 Å². The van der Waals surface area contributed by atoms with Crippen LogP contribution < -0.4 is 0 Å². The fourth-order valence-corrected chi connectivity index (χ4v) is 3.63. The van der Waals surface area contributed by atoms with Crippen LogP contribution in [0, 0.1) is 17.6 Å². The van der Waals surface area contributed by atoms with Crippen LogP contribution in [-0.2, 0) is 0 Å². The van der Waals surface area contributed by atoms with E-state index in [0.717, 1.165) is 5.92 Å². The molecule has 2 aromatic rings. The molecule has 0 radical (unpaired) electrons. The molecule has 2 heteroatoms. The summed E-state index contributed by atoms with van der Waals surface area (Å²) >= 11 is 0. The Hall–Kier alpha value is -1.70. The largest absolute Gasteiger partial charge is 0.204 e. The SMILES string of the molecule is [2H]c1c([2H])c(-c2ccc(C3CCC(CCC)CC3)cc2)c([2H])c(F)c1F. The third-order valence-corrected chi connectivity index (χ3v) is 4.94. The lowest BCUT2D eigenvalue weighted by Crippen LogP contribution is -2.13. The van der Waals surface area contributed by atoms with E-state index in [1.807, 2.05) is 12.1 Å². The van der Waals surface area contributed by atoms with Gasteiger partial charge in [-0.05, 0) is 66.3 Å². The minimum absolute atomic E-state index is 0.0212. The molecule has 23 heavy (non-hydrogen) atoms. The predicted molar refractivity (Wildman–Crippen MR) is 91.4 cm³/mol. The van der Waals surface area contributed by atoms with Crippen LogP contribution in [-0.4, -0.2) is 0 Å². The average Bonchev–Trinajstić information content (AvgIpc) is 2.66. The summed E-state index contributed by atoms with van der Waals surface area (Å²) in [5, 5.41) is 0. The first kappa shape index (κ1) is 12.7. The monoisotopic (exact) mass is 317 g/mol. The van der Waals surface area contributed by atoms with Gasteiger partial charge in [-0.15, -0.1) is 0 Å².